The second-order valence-electron chi connectivity index (χ2n) is 11.7. The summed E-state index contributed by atoms with van der Waals surface area (Å²) in [4.78, 5) is 12.4. The molecule has 214 valence electrons. The van der Waals surface area contributed by atoms with Crippen LogP contribution in [0.25, 0.3) is 0 Å². The van der Waals surface area contributed by atoms with Gasteiger partial charge in [0.15, 0.2) is 0 Å². The van der Waals surface area contributed by atoms with E-state index in [0.717, 1.165) is 15.9 Å². The van der Waals surface area contributed by atoms with E-state index >= 15 is 0 Å². The Labute approximate surface area is 239 Å². The van der Waals surface area contributed by atoms with Crippen LogP contribution in [0.4, 0.5) is 4.79 Å². The molecule has 0 aliphatic carbocycles. The Bertz CT molecular complexity index is 1350. The normalized spacial score (nSPS) is 13.6. The van der Waals surface area contributed by atoms with E-state index in [1.165, 1.54) is 6.08 Å². The topological polar surface area (TPSA) is 102 Å². The third-order valence-corrected chi connectivity index (χ3v) is 11.7. The van der Waals surface area contributed by atoms with Gasteiger partial charge in [0.05, 0.1) is 11.4 Å². The smallest absolute Gasteiger partial charge is 0.408 e. The quantitative estimate of drug-likeness (QED) is 0.257. The van der Waals surface area contributed by atoms with Crippen LogP contribution in [-0.4, -0.2) is 39.0 Å². The highest BCUT2D eigenvalue weighted by Crippen LogP contribution is 2.37. The second kappa shape index (κ2) is 12.4. The van der Waals surface area contributed by atoms with Crippen molar-refractivity contribution in [3.63, 3.8) is 0 Å². The molecular weight excluding hydrogens is 542 g/mol. The van der Waals surface area contributed by atoms with Crippen molar-refractivity contribution < 1.29 is 26.9 Å². The number of rotatable bonds is 9. The number of amides is 1. The van der Waals surface area contributed by atoms with E-state index < -0.39 is 36.2 Å². The SMILES string of the molecule is CC(C)(C)OC(=O)N[C@H](/C=C/S(=O)(=O)O)Cc1ccc(O[Si](c2ccccc2)(c2ccccc2)C(C)(C)C)cc1. The van der Waals surface area contributed by atoms with Crippen LogP contribution in [0, 0.1) is 0 Å². The summed E-state index contributed by atoms with van der Waals surface area (Å²) in [7, 11) is -7.16. The van der Waals surface area contributed by atoms with Gasteiger partial charge in [0.1, 0.15) is 11.4 Å². The Morgan fingerprint density at radius 3 is 1.80 bits per heavy atom. The van der Waals surface area contributed by atoms with Gasteiger partial charge >= 0.3 is 14.4 Å². The summed E-state index contributed by atoms with van der Waals surface area (Å²) in [5.41, 5.74) is 0.109. The lowest BCUT2D eigenvalue weighted by Gasteiger charge is -2.43. The largest absolute Gasteiger partial charge is 0.534 e. The van der Waals surface area contributed by atoms with Crippen molar-refractivity contribution in [2.75, 3.05) is 0 Å². The minimum absolute atomic E-state index is 0.197. The number of hydrogen-bond donors (Lipinski definition) is 2. The van der Waals surface area contributed by atoms with E-state index in [4.69, 9.17) is 9.16 Å². The van der Waals surface area contributed by atoms with E-state index in [1.807, 2.05) is 60.7 Å². The molecule has 40 heavy (non-hydrogen) atoms. The first-order chi connectivity index (χ1) is 18.6. The Morgan fingerprint density at radius 2 is 1.38 bits per heavy atom. The minimum Gasteiger partial charge on any atom is -0.534 e. The first-order valence-corrected chi connectivity index (χ1v) is 16.5. The van der Waals surface area contributed by atoms with Crippen LogP contribution < -0.4 is 20.1 Å². The van der Waals surface area contributed by atoms with Crippen molar-refractivity contribution >= 4 is 34.9 Å². The highest BCUT2D eigenvalue weighted by molar-refractivity contribution is 7.88. The molecule has 0 unspecified atom stereocenters. The van der Waals surface area contributed by atoms with E-state index in [1.54, 1.807) is 20.8 Å². The maximum atomic E-state index is 12.4. The van der Waals surface area contributed by atoms with Crippen LogP contribution >= 0.6 is 0 Å². The molecule has 0 radical (unpaired) electrons. The predicted molar refractivity (Wildman–Crippen MR) is 162 cm³/mol. The number of benzene rings is 3. The molecule has 0 fully saturated rings. The summed E-state index contributed by atoms with van der Waals surface area (Å²) in [5, 5.41) is 5.45. The van der Waals surface area contributed by atoms with Crippen molar-refractivity contribution in [3.8, 4) is 5.75 Å². The highest BCUT2D eigenvalue weighted by atomic mass is 32.2. The monoisotopic (exact) mass is 581 g/mol. The van der Waals surface area contributed by atoms with Crippen LogP contribution in [0.2, 0.25) is 5.04 Å². The van der Waals surface area contributed by atoms with Crippen LogP contribution in [0.15, 0.2) is 96.4 Å². The third-order valence-electron chi connectivity index (χ3n) is 6.25. The minimum atomic E-state index is -4.36. The van der Waals surface area contributed by atoms with Crippen molar-refractivity contribution in [2.45, 2.75) is 64.6 Å². The Hall–Kier alpha value is -3.40. The number of alkyl carbamates (subject to hydrolysis) is 1. The number of hydrogen-bond acceptors (Lipinski definition) is 5. The average molecular weight is 582 g/mol. The molecule has 0 bridgehead atoms. The zero-order valence-electron chi connectivity index (χ0n) is 23.9. The molecule has 0 aliphatic heterocycles. The van der Waals surface area contributed by atoms with Gasteiger partial charge in [-0.15, -0.1) is 0 Å². The van der Waals surface area contributed by atoms with Gasteiger partial charge < -0.3 is 14.5 Å². The zero-order valence-corrected chi connectivity index (χ0v) is 25.7. The average Bonchev–Trinajstić information content (AvgIpc) is 2.85. The number of carbonyl (C=O) groups excluding carboxylic acids is 1. The van der Waals surface area contributed by atoms with Gasteiger partial charge in [0, 0.05) is 0 Å². The van der Waals surface area contributed by atoms with Crippen LogP contribution in [0.1, 0.15) is 47.1 Å². The standard InChI is InChI=1S/C31H39NO6SSi/c1-30(2,3)37-29(33)32-25(21-22-39(34,35)36)23-24-17-19-26(20-18-24)38-40(31(4,5)6,27-13-9-7-10-14-27)28-15-11-8-12-16-28/h7-22,25H,23H2,1-6H3,(H,32,33)(H,34,35,36)/b22-21+/t25-/m1/s1. The summed E-state index contributed by atoms with van der Waals surface area (Å²) in [5.74, 6) is 0.711. The van der Waals surface area contributed by atoms with Crippen LogP contribution in [-0.2, 0) is 21.3 Å². The van der Waals surface area contributed by atoms with E-state index in [2.05, 4.69) is 50.4 Å². The molecule has 1 atom stereocenters. The van der Waals surface area contributed by atoms with E-state index in [-0.39, 0.29) is 11.5 Å². The summed E-state index contributed by atoms with van der Waals surface area (Å²) in [6, 6.07) is 27.5. The summed E-state index contributed by atoms with van der Waals surface area (Å²) < 4.78 is 44.1. The molecule has 3 rings (SSSR count). The van der Waals surface area contributed by atoms with Gasteiger partial charge in [-0.1, -0.05) is 93.6 Å². The molecule has 2 N–H and O–H groups in total. The van der Waals surface area contributed by atoms with Crippen LogP contribution in [0.5, 0.6) is 5.75 Å². The van der Waals surface area contributed by atoms with Crippen molar-refractivity contribution in [1.29, 1.82) is 0 Å². The molecule has 0 saturated heterocycles. The lowest BCUT2D eigenvalue weighted by molar-refractivity contribution is 0.0514. The first kappa shape index (κ1) is 31.1. The molecule has 0 aromatic heterocycles. The molecule has 0 heterocycles. The molecule has 3 aromatic carbocycles. The second-order valence-corrected chi connectivity index (χ2v) is 17.2. The summed E-state index contributed by atoms with van der Waals surface area (Å²) >= 11 is 0. The van der Waals surface area contributed by atoms with Gasteiger partial charge in [-0.05, 0) is 66.4 Å². The molecule has 9 heteroatoms. The lowest BCUT2D eigenvalue weighted by atomic mass is 10.1. The first-order valence-electron chi connectivity index (χ1n) is 13.1. The predicted octanol–water partition coefficient (Wildman–Crippen LogP) is 5.46. The summed E-state index contributed by atoms with van der Waals surface area (Å²) in [6.07, 6.45) is 0.806. The van der Waals surface area contributed by atoms with E-state index in [9.17, 15) is 17.8 Å². The van der Waals surface area contributed by atoms with Gasteiger partial charge in [-0.25, -0.2) is 4.79 Å². The Balaban J connectivity index is 1.93. The molecule has 0 saturated carbocycles. The van der Waals surface area contributed by atoms with Gasteiger partial charge in [-0.2, -0.15) is 8.42 Å². The third kappa shape index (κ3) is 8.55. The molecule has 0 spiro atoms. The molecule has 1 amide bonds. The Morgan fingerprint density at radius 1 is 0.875 bits per heavy atom. The maximum Gasteiger partial charge on any atom is 0.408 e. The van der Waals surface area contributed by atoms with Crippen molar-refractivity contribution in [3.05, 3.63) is 102 Å². The van der Waals surface area contributed by atoms with Crippen LogP contribution in [0.3, 0.4) is 0 Å². The molecule has 7 nitrogen and oxygen atoms in total. The number of ether oxygens (including phenoxy) is 1. The zero-order chi connectivity index (χ0) is 29.6. The van der Waals surface area contributed by atoms with Gasteiger partial charge in [0.25, 0.3) is 10.1 Å². The fraction of sp³-hybridized carbons (Fsp3) is 0.323. The van der Waals surface area contributed by atoms with Gasteiger partial charge in [-0.3, -0.25) is 4.55 Å². The lowest BCUT2D eigenvalue weighted by Crippen LogP contribution is -2.68. The molecular formula is C31H39NO6SSi. The van der Waals surface area contributed by atoms with Crippen molar-refractivity contribution in [1.82, 2.24) is 5.32 Å². The maximum absolute atomic E-state index is 12.4. The molecule has 3 aromatic rings. The van der Waals surface area contributed by atoms with Gasteiger partial charge in [0.2, 0.25) is 0 Å². The van der Waals surface area contributed by atoms with E-state index in [0.29, 0.717) is 11.2 Å². The summed E-state index contributed by atoms with van der Waals surface area (Å²) in [6.45, 7) is 11.8. The van der Waals surface area contributed by atoms with Crippen molar-refractivity contribution in [2.24, 2.45) is 0 Å². The Kier molecular flexibility index (Phi) is 9.66. The fourth-order valence-electron chi connectivity index (χ4n) is 4.59. The number of carbonyl (C=O) groups is 1. The fourth-order valence-corrected chi connectivity index (χ4v) is 9.40. The molecule has 0 aliphatic rings. The number of nitrogens with one attached hydrogen (secondary N) is 1. The highest BCUT2D eigenvalue weighted by Gasteiger charge is 2.52.